The van der Waals surface area contributed by atoms with Crippen LogP contribution in [0.1, 0.15) is 59.3 Å². The average Bonchev–Trinajstić information content (AvgIpc) is 3.43. The molecule has 7 rings (SSSR count). The van der Waals surface area contributed by atoms with E-state index in [-0.39, 0.29) is 50.6 Å². The van der Waals surface area contributed by atoms with Gasteiger partial charge in [0.1, 0.15) is 61.0 Å². The third-order valence-corrected chi connectivity index (χ3v) is 13.6. The van der Waals surface area contributed by atoms with Gasteiger partial charge >= 0.3 is 24.0 Å². The number of Topliss-reactive ketones (excluding diaryl/α,β-unsaturated/α-hetero) is 1. The molecule has 2 saturated heterocycles. The molecular weight excluding hydrogens is 1080 g/mol. The lowest BCUT2D eigenvalue weighted by Gasteiger charge is -2.49. The summed E-state index contributed by atoms with van der Waals surface area (Å²) in [5.74, 6) is -2.63. The molecule has 0 radical (unpaired) electrons. The second-order valence-corrected chi connectivity index (χ2v) is 21.9. The van der Waals surface area contributed by atoms with Gasteiger partial charge in [0.25, 0.3) is 0 Å². The van der Waals surface area contributed by atoms with Crippen LogP contribution in [-0.4, -0.2) is 114 Å². The van der Waals surface area contributed by atoms with Crippen LogP contribution in [0.3, 0.4) is 0 Å². The van der Waals surface area contributed by atoms with Gasteiger partial charge in [0.15, 0.2) is 18.5 Å². The summed E-state index contributed by atoms with van der Waals surface area (Å²) in [4.78, 5) is 68.0. The third-order valence-electron chi connectivity index (χ3n) is 12.1. The van der Waals surface area contributed by atoms with E-state index in [1.807, 2.05) is 122 Å². The second-order valence-electron chi connectivity index (χ2n) is 18.2. The van der Waals surface area contributed by atoms with Crippen LogP contribution in [0.25, 0.3) is 0 Å². The summed E-state index contributed by atoms with van der Waals surface area (Å²) >= 11 is 19.1. The maximum atomic E-state index is 14.1. The standard InChI is InChI=1S/C57H60Cl3NO15S/c1-36-24-27-43(28-25-36)77-55-47(61-56(66)71-35-57(58,59)60)50(75-46(64)29-26-37(2)62)49(45(74-55)34-70-53(65)42-22-14-7-15-23-42)76-54-52(72-38(3)63)51(69-32-41-20-12-6-13-21-41)48(68-31-40-18-10-5-11-19-40)44(73-54)33-67-30-39-16-8-4-9-17-39/h4-25,27-28,44-45,47-52,54-55H,26,29-35H2,1-3H3,(H,61,66)/t44-,45-,47-,48+,49-,50-,51+,52-,54+,55+/m1/s1. The molecule has 0 saturated carbocycles. The molecule has 0 aromatic heterocycles. The summed E-state index contributed by atoms with van der Waals surface area (Å²) in [6.45, 7) is 3.41. The smallest absolute Gasteiger partial charge is 0.407 e. The van der Waals surface area contributed by atoms with Gasteiger partial charge < -0.3 is 57.5 Å². The van der Waals surface area contributed by atoms with E-state index >= 15 is 0 Å². The first-order valence-corrected chi connectivity index (χ1v) is 26.8. The van der Waals surface area contributed by atoms with Gasteiger partial charge in [0.2, 0.25) is 3.79 Å². The lowest BCUT2D eigenvalue weighted by Crippen LogP contribution is -2.68. The van der Waals surface area contributed by atoms with E-state index in [0.717, 1.165) is 34.0 Å². The zero-order valence-corrected chi connectivity index (χ0v) is 45.5. The van der Waals surface area contributed by atoms with Gasteiger partial charge in [-0.1, -0.05) is 173 Å². The molecule has 16 nitrogen and oxygen atoms in total. The summed E-state index contributed by atoms with van der Waals surface area (Å²) in [5.41, 5.74) is 2.49. The van der Waals surface area contributed by atoms with Crippen molar-refractivity contribution in [3.8, 4) is 0 Å². The van der Waals surface area contributed by atoms with Crippen LogP contribution in [0.4, 0.5) is 4.79 Å². The summed E-state index contributed by atoms with van der Waals surface area (Å²) in [6, 6.07) is 42.5. The zero-order chi connectivity index (χ0) is 54.7. The molecule has 1 N–H and O–H groups in total. The number of alkyl carbamates (subject to hydrolysis) is 1. The van der Waals surface area contributed by atoms with E-state index in [4.69, 9.17) is 82.2 Å². The number of thioether (sulfide) groups is 1. The zero-order valence-electron chi connectivity index (χ0n) is 42.5. The number of alkyl halides is 3. The molecule has 2 aliphatic heterocycles. The Balaban J connectivity index is 1.34. The Kier molecular flexibility index (Phi) is 22.6. The van der Waals surface area contributed by atoms with Crippen LogP contribution >= 0.6 is 46.6 Å². The van der Waals surface area contributed by atoms with Crippen molar-refractivity contribution < 1.29 is 71.3 Å². The fraction of sp³-hybridized carbons (Fsp3) is 0.386. The number of rotatable bonds is 24. The van der Waals surface area contributed by atoms with Gasteiger partial charge in [-0.3, -0.25) is 9.59 Å². The number of esters is 3. The minimum Gasteiger partial charge on any atom is -0.459 e. The Morgan fingerprint density at radius 2 is 1.16 bits per heavy atom. The number of ketones is 1. The van der Waals surface area contributed by atoms with Gasteiger partial charge in [0.05, 0.1) is 38.4 Å². The summed E-state index contributed by atoms with van der Waals surface area (Å²) in [7, 11) is 0. The number of aryl methyl sites for hydroxylation is 1. The summed E-state index contributed by atoms with van der Waals surface area (Å²) in [6.07, 6.45) is -12.4. The number of benzene rings is 5. The maximum Gasteiger partial charge on any atom is 0.407 e. The molecule has 2 fully saturated rings. The quantitative estimate of drug-likeness (QED) is 0.0349. The molecule has 2 heterocycles. The molecule has 10 atom stereocenters. The number of amides is 1. The largest absolute Gasteiger partial charge is 0.459 e. The topological polar surface area (TPSA) is 190 Å². The van der Waals surface area contributed by atoms with E-state index < -0.39 is 102 Å². The minimum absolute atomic E-state index is 0.0139. The van der Waals surface area contributed by atoms with E-state index in [0.29, 0.717) is 4.90 Å². The van der Waals surface area contributed by atoms with Crippen LogP contribution in [-0.2, 0) is 81.6 Å². The van der Waals surface area contributed by atoms with Gasteiger partial charge in [0, 0.05) is 18.2 Å². The minimum atomic E-state index is -2.01. The van der Waals surface area contributed by atoms with Crippen LogP contribution in [0, 0.1) is 6.92 Å². The van der Waals surface area contributed by atoms with Crippen molar-refractivity contribution in [2.45, 2.75) is 123 Å². The molecule has 0 bridgehead atoms. The SMILES string of the molecule is CC(=O)CCC(=O)O[C@@H]1[C@@H](NC(=O)OCC(Cl)(Cl)Cl)[C@H](Sc2ccc(C)cc2)O[C@H](COC(=O)c2ccccc2)[C@H]1O[C@@H]1O[C@H](COCc2ccccc2)[C@H](OCc2ccccc2)[C@H](OCc2ccccc2)[C@H]1OC(C)=O. The number of halogens is 3. The van der Waals surface area contributed by atoms with Crippen molar-refractivity contribution in [2.75, 3.05) is 19.8 Å². The molecule has 0 spiro atoms. The highest BCUT2D eigenvalue weighted by atomic mass is 35.6. The molecule has 20 heteroatoms. The van der Waals surface area contributed by atoms with Crippen molar-refractivity contribution in [3.05, 3.63) is 173 Å². The first-order valence-electron chi connectivity index (χ1n) is 24.8. The summed E-state index contributed by atoms with van der Waals surface area (Å²) < 4.78 is 62.4. The molecule has 0 aliphatic carbocycles. The van der Waals surface area contributed by atoms with E-state index in [2.05, 4.69) is 5.32 Å². The molecule has 1 amide bonds. The second kappa shape index (κ2) is 29.4. The molecule has 77 heavy (non-hydrogen) atoms. The average molecular weight is 1140 g/mol. The number of carbonyl (C=O) groups is 5. The van der Waals surface area contributed by atoms with Crippen LogP contribution in [0.15, 0.2) is 150 Å². The predicted molar refractivity (Wildman–Crippen MR) is 286 cm³/mol. The summed E-state index contributed by atoms with van der Waals surface area (Å²) in [5, 5.41) is 2.75. The Labute approximate surface area is 466 Å². The van der Waals surface area contributed by atoms with Crippen LogP contribution in [0.5, 0.6) is 0 Å². The van der Waals surface area contributed by atoms with Crippen molar-refractivity contribution in [1.29, 1.82) is 0 Å². The van der Waals surface area contributed by atoms with Crippen molar-refractivity contribution in [3.63, 3.8) is 0 Å². The lowest BCUT2D eigenvalue weighted by atomic mass is 9.95. The fourth-order valence-electron chi connectivity index (χ4n) is 8.36. The highest BCUT2D eigenvalue weighted by Crippen LogP contribution is 2.40. The normalized spacial score (nSPS) is 23.2. The Hall–Kier alpha value is -5.57. The Morgan fingerprint density at radius 1 is 0.597 bits per heavy atom. The Morgan fingerprint density at radius 3 is 1.73 bits per heavy atom. The number of hydrogen-bond acceptors (Lipinski definition) is 16. The van der Waals surface area contributed by atoms with Gasteiger partial charge in [-0.2, -0.15) is 0 Å². The van der Waals surface area contributed by atoms with Crippen molar-refractivity contribution in [2.24, 2.45) is 0 Å². The molecule has 2 aliphatic rings. The number of carbonyl (C=O) groups excluding carboxylic acids is 5. The third kappa shape index (κ3) is 18.8. The monoisotopic (exact) mass is 1140 g/mol. The van der Waals surface area contributed by atoms with E-state index in [9.17, 15) is 24.0 Å². The van der Waals surface area contributed by atoms with Crippen molar-refractivity contribution >= 4 is 76.3 Å². The Bertz CT molecular complexity index is 2660. The van der Waals surface area contributed by atoms with Gasteiger partial charge in [-0.15, -0.1) is 0 Å². The lowest BCUT2D eigenvalue weighted by molar-refractivity contribution is -0.346. The first kappa shape index (κ1) is 59.1. The molecular formula is C57H60Cl3NO15S. The molecule has 5 aromatic carbocycles. The number of nitrogens with one attached hydrogen (secondary N) is 1. The highest BCUT2D eigenvalue weighted by molar-refractivity contribution is 7.99. The van der Waals surface area contributed by atoms with Crippen molar-refractivity contribution in [1.82, 2.24) is 5.32 Å². The molecule has 5 aromatic rings. The number of hydrogen-bond donors (Lipinski definition) is 1. The maximum absolute atomic E-state index is 14.1. The molecule has 0 unspecified atom stereocenters. The first-order chi connectivity index (χ1) is 37.1. The van der Waals surface area contributed by atoms with Gasteiger partial charge in [-0.25, -0.2) is 9.59 Å². The van der Waals surface area contributed by atoms with Gasteiger partial charge in [-0.05, 0) is 54.8 Å². The highest BCUT2D eigenvalue weighted by Gasteiger charge is 2.56. The van der Waals surface area contributed by atoms with E-state index in [1.165, 1.54) is 13.8 Å². The fourth-order valence-corrected chi connectivity index (χ4v) is 9.65. The predicted octanol–water partition coefficient (Wildman–Crippen LogP) is 9.84. The van der Waals surface area contributed by atoms with Crippen LogP contribution < -0.4 is 5.32 Å². The molecule has 410 valence electrons. The van der Waals surface area contributed by atoms with E-state index in [1.54, 1.807) is 30.3 Å². The van der Waals surface area contributed by atoms with Crippen LogP contribution in [0.2, 0.25) is 0 Å². The number of ether oxygens (including phenoxy) is 10.